The van der Waals surface area contributed by atoms with Gasteiger partial charge in [0.15, 0.2) is 0 Å². The summed E-state index contributed by atoms with van der Waals surface area (Å²) in [6, 6.07) is 20.6. The molecule has 3 heteroatoms. The van der Waals surface area contributed by atoms with Gasteiger partial charge in [0.1, 0.15) is 0 Å². The summed E-state index contributed by atoms with van der Waals surface area (Å²) in [6.45, 7) is 1.07. The van der Waals surface area contributed by atoms with Crippen molar-refractivity contribution in [2.24, 2.45) is 0 Å². The molecule has 2 aromatic carbocycles. The van der Waals surface area contributed by atoms with E-state index in [2.05, 4.69) is 29.0 Å². The van der Waals surface area contributed by atoms with Gasteiger partial charge in [0.2, 0.25) is 0 Å². The van der Waals surface area contributed by atoms with E-state index in [9.17, 15) is 5.11 Å². The maximum absolute atomic E-state index is 9.18. The third-order valence-corrected chi connectivity index (χ3v) is 3.83. The van der Waals surface area contributed by atoms with Crippen molar-refractivity contribution in [2.75, 3.05) is 13.2 Å². The van der Waals surface area contributed by atoms with Crippen LogP contribution in [0.15, 0.2) is 65.6 Å². The number of hydrogen-bond donors (Lipinski definition) is 2. The molecule has 0 bridgehead atoms. The predicted molar refractivity (Wildman–Crippen MR) is 81.2 cm³/mol. The van der Waals surface area contributed by atoms with Crippen LogP contribution in [0.4, 0.5) is 0 Å². The summed E-state index contributed by atoms with van der Waals surface area (Å²) in [7, 11) is 0. The Kier molecular flexibility index (Phi) is 5.95. The molecule has 0 spiro atoms. The van der Waals surface area contributed by atoms with Gasteiger partial charge in [-0.3, -0.25) is 4.72 Å². The molecule has 19 heavy (non-hydrogen) atoms. The number of rotatable bonds is 7. The van der Waals surface area contributed by atoms with Gasteiger partial charge < -0.3 is 5.11 Å². The van der Waals surface area contributed by atoms with Crippen molar-refractivity contribution in [2.45, 2.75) is 17.2 Å². The van der Waals surface area contributed by atoms with E-state index in [1.165, 1.54) is 10.5 Å². The molecular weight excluding hydrogens is 254 g/mol. The van der Waals surface area contributed by atoms with Crippen molar-refractivity contribution in [1.82, 2.24) is 4.72 Å². The van der Waals surface area contributed by atoms with E-state index in [1.807, 2.05) is 36.4 Å². The van der Waals surface area contributed by atoms with Crippen LogP contribution >= 0.6 is 11.9 Å². The Labute approximate surface area is 119 Å². The molecule has 0 amide bonds. The van der Waals surface area contributed by atoms with Crippen molar-refractivity contribution in [3.05, 3.63) is 66.2 Å². The number of nitrogens with one attached hydrogen (secondary N) is 1. The van der Waals surface area contributed by atoms with E-state index in [0.717, 1.165) is 13.0 Å². The lowest BCUT2D eigenvalue weighted by Gasteiger charge is -2.16. The van der Waals surface area contributed by atoms with Crippen LogP contribution in [-0.4, -0.2) is 18.3 Å². The first kappa shape index (κ1) is 14.1. The molecule has 0 fully saturated rings. The second-order valence-electron chi connectivity index (χ2n) is 4.38. The molecule has 2 nitrogen and oxygen atoms in total. The van der Waals surface area contributed by atoms with E-state index >= 15 is 0 Å². The molecule has 0 heterocycles. The zero-order valence-electron chi connectivity index (χ0n) is 10.8. The SMILES string of the molecule is OCCC(CNSc1ccccc1)c1ccccc1. The molecule has 0 saturated carbocycles. The molecule has 2 rings (SSSR count). The molecule has 0 aliphatic carbocycles. The normalized spacial score (nSPS) is 12.3. The molecule has 0 aliphatic rings. The molecule has 0 radical (unpaired) electrons. The van der Waals surface area contributed by atoms with Crippen LogP contribution in [0.3, 0.4) is 0 Å². The van der Waals surface area contributed by atoms with E-state index in [0.29, 0.717) is 5.92 Å². The Morgan fingerprint density at radius 1 is 0.947 bits per heavy atom. The maximum Gasteiger partial charge on any atom is 0.0437 e. The highest BCUT2D eigenvalue weighted by Gasteiger charge is 2.10. The topological polar surface area (TPSA) is 32.3 Å². The molecule has 0 saturated heterocycles. The fraction of sp³-hybridized carbons (Fsp3) is 0.250. The minimum absolute atomic E-state index is 0.219. The molecular formula is C16H19NOS. The zero-order valence-corrected chi connectivity index (χ0v) is 11.6. The second-order valence-corrected chi connectivity index (χ2v) is 5.35. The fourth-order valence-electron chi connectivity index (χ4n) is 1.98. The number of benzene rings is 2. The van der Waals surface area contributed by atoms with Crippen molar-refractivity contribution in [3.63, 3.8) is 0 Å². The Hall–Kier alpha value is -1.29. The summed E-state index contributed by atoms with van der Waals surface area (Å²) in [6.07, 6.45) is 0.784. The fourth-order valence-corrected chi connectivity index (χ4v) is 2.73. The summed E-state index contributed by atoms with van der Waals surface area (Å²) in [5.74, 6) is 0.349. The van der Waals surface area contributed by atoms with E-state index in [4.69, 9.17) is 0 Å². The predicted octanol–water partition coefficient (Wildman–Crippen LogP) is 3.45. The van der Waals surface area contributed by atoms with Crippen molar-refractivity contribution in [3.8, 4) is 0 Å². The highest BCUT2D eigenvalue weighted by Crippen LogP contribution is 2.20. The van der Waals surface area contributed by atoms with Crippen molar-refractivity contribution >= 4 is 11.9 Å². The van der Waals surface area contributed by atoms with Crippen molar-refractivity contribution < 1.29 is 5.11 Å². The third-order valence-electron chi connectivity index (χ3n) is 3.01. The standard InChI is InChI=1S/C16H19NOS/c18-12-11-15(14-7-3-1-4-8-14)13-17-19-16-9-5-2-6-10-16/h1-10,15,17-18H,11-13H2. The summed E-state index contributed by atoms with van der Waals surface area (Å²) in [5.41, 5.74) is 1.28. The van der Waals surface area contributed by atoms with Crippen LogP contribution in [0.2, 0.25) is 0 Å². The van der Waals surface area contributed by atoms with E-state index in [-0.39, 0.29) is 6.61 Å². The van der Waals surface area contributed by atoms with Gasteiger partial charge in [-0.2, -0.15) is 0 Å². The molecule has 2 N–H and O–H groups in total. The Bertz CT molecular complexity index is 461. The first-order valence-electron chi connectivity index (χ1n) is 6.50. The van der Waals surface area contributed by atoms with Crippen LogP contribution < -0.4 is 4.72 Å². The van der Waals surface area contributed by atoms with Gasteiger partial charge in [-0.15, -0.1) is 0 Å². The minimum atomic E-state index is 0.219. The monoisotopic (exact) mass is 273 g/mol. The maximum atomic E-state index is 9.18. The summed E-state index contributed by atoms with van der Waals surface area (Å²) in [4.78, 5) is 1.21. The lowest BCUT2D eigenvalue weighted by molar-refractivity contribution is 0.275. The highest BCUT2D eigenvalue weighted by molar-refractivity contribution is 7.97. The van der Waals surface area contributed by atoms with Gasteiger partial charge in [0.05, 0.1) is 0 Å². The first-order valence-corrected chi connectivity index (χ1v) is 7.32. The molecule has 0 aromatic heterocycles. The summed E-state index contributed by atoms with van der Waals surface area (Å²) < 4.78 is 3.39. The molecule has 0 aliphatic heterocycles. The Morgan fingerprint density at radius 3 is 2.21 bits per heavy atom. The zero-order chi connectivity index (χ0) is 13.3. The average molecular weight is 273 g/mol. The lowest BCUT2D eigenvalue weighted by Crippen LogP contribution is -2.16. The Balaban J connectivity index is 1.87. The number of aliphatic hydroxyl groups excluding tert-OH is 1. The smallest absolute Gasteiger partial charge is 0.0437 e. The van der Waals surface area contributed by atoms with Gasteiger partial charge >= 0.3 is 0 Å². The first-order chi connectivity index (χ1) is 9.40. The highest BCUT2D eigenvalue weighted by atomic mass is 32.2. The van der Waals surface area contributed by atoms with Crippen LogP contribution in [0.5, 0.6) is 0 Å². The average Bonchev–Trinajstić information content (AvgIpc) is 2.48. The van der Waals surface area contributed by atoms with E-state index < -0.39 is 0 Å². The van der Waals surface area contributed by atoms with Crippen LogP contribution in [-0.2, 0) is 0 Å². The van der Waals surface area contributed by atoms with Crippen molar-refractivity contribution in [1.29, 1.82) is 0 Å². The third kappa shape index (κ3) is 4.71. The second kappa shape index (κ2) is 8.00. The quantitative estimate of drug-likeness (QED) is 0.758. The van der Waals surface area contributed by atoms with Crippen LogP contribution in [0, 0.1) is 0 Å². The lowest BCUT2D eigenvalue weighted by atomic mass is 9.96. The van der Waals surface area contributed by atoms with Crippen LogP contribution in [0.1, 0.15) is 17.9 Å². The summed E-state index contributed by atoms with van der Waals surface area (Å²) >= 11 is 1.64. The number of hydrogen-bond acceptors (Lipinski definition) is 3. The number of aliphatic hydroxyl groups is 1. The molecule has 1 unspecified atom stereocenters. The van der Waals surface area contributed by atoms with Gasteiger partial charge in [0, 0.05) is 18.0 Å². The molecule has 2 aromatic rings. The van der Waals surface area contributed by atoms with Crippen LogP contribution in [0.25, 0.3) is 0 Å². The van der Waals surface area contributed by atoms with Gasteiger partial charge in [-0.25, -0.2) is 0 Å². The van der Waals surface area contributed by atoms with E-state index in [1.54, 1.807) is 11.9 Å². The summed E-state index contributed by atoms with van der Waals surface area (Å²) in [5, 5.41) is 9.18. The van der Waals surface area contributed by atoms with Gasteiger partial charge in [-0.1, -0.05) is 48.5 Å². The molecule has 100 valence electrons. The van der Waals surface area contributed by atoms with Gasteiger partial charge in [-0.05, 0) is 42.0 Å². The minimum Gasteiger partial charge on any atom is -0.396 e. The molecule has 1 atom stereocenters. The van der Waals surface area contributed by atoms with Gasteiger partial charge in [0.25, 0.3) is 0 Å². The Morgan fingerprint density at radius 2 is 1.58 bits per heavy atom. The largest absolute Gasteiger partial charge is 0.396 e.